The second kappa shape index (κ2) is 6.36. The Labute approximate surface area is 149 Å². The highest BCUT2D eigenvalue weighted by Gasteiger charge is 2.55. The van der Waals surface area contributed by atoms with Crippen LogP contribution in [0.2, 0.25) is 0 Å². The average molecular weight is 344 g/mol. The summed E-state index contributed by atoms with van der Waals surface area (Å²) >= 11 is 0. The number of carbonyl (C=O) groups excluding carboxylic acids is 2. The van der Waals surface area contributed by atoms with Crippen LogP contribution in [-0.2, 0) is 4.79 Å². The van der Waals surface area contributed by atoms with E-state index in [0.29, 0.717) is 18.9 Å². The largest absolute Gasteiger partial charge is 0.492 e. The molecule has 2 unspecified atom stereocenters. The summed E-state index contributed by atoms with van der Waals surface area (Å²) < 4.78 is 5.71. The Hall–Kier alpha value is -2.04. The van der Waals surface area contributed by atoms with Gasteiger partial charge in [0.15, 0.2) is 0 Å². The van der Waals surface area contributed by atoms with Gasteiger partial charge in [-0.1, -0.05) is 32.9 Å². The molecule has 1 aliphatic heterocycles. The molecule has 1 saturated carbocycles. The zero-order valence-electron chi connectivity index (χ0n) is 15.6. The van der Waals surface area contributed by atoms with Crippen molar-refractivity contribution >= 4 is 11.9 Å². The molecule has 0 radical (unpaired) electrons. The van der Waals surface area contributed by atoms with Crippen molar-refractivity contribution < 1.29 is 14.3 Å². The van der Waals surface area contributed by atoms with Crippen molar-refractivity contribution in [1.29, 1.82) is 0 Å². The number of nitrogens with zero attached hydrogens (tertiary/aromatic N) is 1. The molecule has 1 heterocycles. The topological polar surface area (TPSA) is 58.6 Å². The lowest BCUT2D eigenvalue weighted by molar-refractivity contribution is -0.135. The van der Waals surface area contributed by atoms with Crippen LogP contribution in [0, 0.1) is 18.3 Å². The minimum absolute atomic E-state index is 0.0503. The van der Waals surface area contributed by atoms with E-state index in [-0.39, 0.29) is 23.9 Å². The first-order valence-corrected chi connectivity index (χ1v) is 9.04. The number of imide groups is 1. The molecule has 1 spiro atoms. The van der Waals surface area contributed by atoms with Gasteiger partial charge in [0.05, 0.1) is 6.54 Å². The molecule has 25 heavy (non-hydrogen) atoms. The van der Waals surface area contributed by atoms with Crippen molar-refractivity contribution in [2.75, 3.05) is 13.2 Å². The first-order valence-electron chi connectivity index (χ1n) is 9.04. The molecule has 5 heteroatoms. The predicted octanol–water partition coefficient (Wildman–Crippen LogP) is 3.51. The molecule has 2 aliphatic rings. The number of hydrogen-bond donors (Lipinski definition) is 1. The molecule has 1 aromatic rings. The minimum atomic E-state index is -0.735. The normalized spacial score (nSPS) is 28.3. The molecule has 2 atom stereocenters. The van der Waals surface area contributed by atoms with Crippen molar-refractivity contribution in [3.8, 4) is 5.75 Å². The second-order valence-electron chi connectivity index (χ2n) is 8.49. The third-order valence-electron chi connectivity index (χ3n) is 5.20. The van der Waals surface area contributed by atoms with Crippen LogP contribution in [0.15, 0.2) is 24.3 Å². The number of hydrogen-bond acceptors (Lipinski definition) is 3. The average Bonchev–Trinajstić information content (AvgIpc) is 2.68. The van der Waals surface area contributed by atoms with Gasteiger partial charge in [-0.25, -0.2) is 4.79 Å². The summed E-state index contributed by atoms with van der Waals surface area (Å²) in [6.45, 7) is 9.08. The molecule has 3 amide bonds. The number of urea groups is 1. The van der Waals surface area contributed by atoms with E-state index in [0.717, 1.165) is 24.2 Å². The highest BCUT2D eigenvalue weighted by molar-refractivity contribution is 6.07. The Bertz CT molecular complexity index is 685. The van der Waals surface area contributed by atoms with Gasteiger partial charge in [0.2, 0.25) is 0 Å². The van der Waals surface area contributed by atoms with Crippen molar-refractivity contribution in [3.63, 3.8) is 0 Å². The number of amides is 3. The number of carbonyl (C=O) groups is 2. The Morgan fingerprint density at radius 1 is 1.28 bits per heavy atom. The molecule has 2 fully saturated rings. The van der Waals surface area contributed by atoms with Gasteiger partial charge in [-0.15, -0.1) is 0 Å². The van der Waals surface area contributed by atoms with Gasteiger partial charge in [0.25, 0.3) is 5.91 Å². The zero-order valence-corrected chi connectivity index (χ0v) is 15.6. The molecule has 1 aliphatic carbocycles. The third-order valence-corrected chi connectivity index (χ3v) is 5.20. The smallest absolute Gasteiger partial charge is 0.325 e. The van der Waals surface area contributed by atoms with Crippen LogP contribution in [0.1, 0.15) is 45.6 Å². The lowest BCUT2D eigenvalue weighted by Gasteiger charge is -2.43. The lowest BCUT2D eigenvalue weighted by atomic mass is 9.64. The molecule has 1 aromatic carbocycles. The second-order valence-corrected chi connectivity index (χ2v) is 8.49. The van der Waals surface area contributed by atoms with Crippen molar-refractivity contribution in [2.24, 2.45) is 11.3 Å². The first kappa shape index (κ1) is 17.8. The number of rotatable bonds is 4. The van der Waals surface area contributed by atoms with Crippen LogP contribution >= 0.6 is 0 Å². The lowest BCUT2D eigenvalue weighted by Crippen LogP contribution is -2.54. The van der Waals surface area contributed by atoms with E-state index in [1.54, 1.807) is 0 Å². The molecule has 0 bridgehead atoms. The summed E-state index contributed by atoms with van der Waals surface area (Å²) in [5.41, 5.74) is 0.431. The maximum absolute atomic E-state index is 13.0. The summed E-state index contributed by atoms with van der Waals surface area (Å²) in [7, 11) is 0. The van der Waals surface area contributed by atoms with Gasteiger partial charge in [0.1, 0.15) is 17.9 Å². The summed E-state index contributed by atoms with van der Waals surface area (Å²) in [5.74, 6) is 1.08. The summed E-state index contributed by atoms with van der Waals surface area (Å²) in [4.78, 5) is 26.7. The quantitative estimate of drug-likeness (QED) is 0.850. The summed E-state index contributed by atoms with van der Waals surface area (Å²) in [5, 5.41) is 2.99. The highest BCUT2D eigenvalue weighted by Crippen LogP contribution is 2.46. The van der Waals surface area contributed by atoms with E-state index in [2.05, 4.69) is 26.1 Å². The molecule has 3 rings (SSSR count). The fourth-order valence-electron chi connectivity index (χ4n) is 4.67. The van der Waals surface area contributed by atoms with Crippen molar-refractivity contribution in [1.82, 2.24) is 10.2 Å². The highest BCUT2D eigenvalue weighted by atomic mass is 16.5. The van der Waals surface area contributed by atoms with Crippen LogP contribution in [0.3, 0.4) is 0 Å². The van der Waals surface area contributed by atoms with E-state index in [1.165, 1.54) is 4.90 Å². The number of ether oxygens (including phenoxy) is 1. The SMILES string of the molecule is Cc1cccc(OCCN2C(=O)NC3(CC(C)CC(C)(C)C3)C2=O)c1. The predicted molar refractivity (Wildman–Crippen MR) is 96.4 cm³/mol. The molecule has 0 aromatic heterocycles. The Morgan fingerprint density at radius 3 is 2.72 bits per heavy atom. The molecule has 5 nitrogen and oxygen atoms in total. The van der Waals surface area contributed by atoms with E-state index >= 15 is 0 Å². The minimum Gasteiger partial charge on any atom is -0.492 e. The van der Waals surface area contributed by atoms with Gasteiger partial charge in [0, 0.05) is 0 Å². The molecular weight excluding hydrogens is 316 g/mol. The maximum atomic E-state index is 13.0. The van der Waals surface area contributed by atoms with Crippen LogP contribution < -0.4 is 10.1 Å². The maximum Gasteiger partial charge on any atom is 0.325 e. The number of nitrogens with one attached hydrogen (secondary N) is 1. The monoisotopic (exact) mass is 344 g/mol. The van der Waals surface area contributed by atoms with Gasteiger partial charge < -0.3 is 10.1 Å². The Kier molecular flexibility index (Phi) is 4.52. The van der Waals surface area contributed by atoms with Crippen molar-refractivity contribution in [3.05, 3.63) is 29.8 Å². The van der Waals surface area contributed by atoms with Crippen LogP contribution in [0.5, 0.6) is 5.75 Å². The molecule has 136 valence electrons. The van der Waals surface area contributed by atoms with E-state index in [9.17, 15) is 9.59 Å². The fraction of sp³-hybridized carbons (Fsp3) is 0.600. The Morgan fingerprint density at radius 2 is 2.04 bits per heavy atom. The molecule has 1 saturated heterocycles. The van der Waals surface area contributed by atoms with E-state index in [1.807, 2.05) is 31.2 Å². The zero-order chi connectivity index (χ0) is 18.2. The van der Waals surface area contributed by atoms with Gasteiger partial charge in [-0.2, -0.15) is 0 Å². The van der Waals surface area contributed by atoms with Gasteiger partial charge in [-0.3, -0.25) is 9.69 Å². The molecule has 1 N–H and O–H groups in total. The number of aryl methyl sites for hydroxylation is 1. The van der Waals surface area contributed by atoms with Crippen LogP contribution in [0.25, 0.3) is 0 Å². The van der Waals surface area contributed by atoms with Gasteiger partial charge in [-0.05, 0) is 55.2 Å². The number of benzene rings is 1. The van der Waals surface area contributed by atoms with Gasteiger partial charge >= 0.3 is 6.03 Å². The van der Waals surface area contributed by atoms with Crippen molar-refractivity contribution in [2.45, 2.75) is 52.5 Å². The van der Waals surface area contributed by atoms with E-state index < -0.39 is 5.54 Å². The van der Waals surface area contributed by atoms with E-state index in [4.69, 9.17) is 4.74 Å². The fourth-order valence-corrected chi connectivity index (χ4v) is 4.67. The van der Waals surface area contributed by atoms with Crippen LogP contribution in [-0.4, -0.2) is 35.5 Å². The summed E-state index contributed by atoms with van der Waals surface area (Å²) in [6.07, 6.45) is 2.49. The Balaban J connectivity index is 1.65. The van der Waals surface area contributed by atoms with Crippen LogP contribution in [0.4, 0.5) is 4.79 Å². The molecular formula is C20H28N2O3. The summed E-state index contributed by atoms with van der Waals surface area (Å²) in [6, 6.07) is 7.46. The first-order chi connectivity index (χ1) is 11.7. The standard InChI is InChI=1S/C20H28N2O3/c1-14-6-5-7-16(10-14)25-9-8-22-17(23)20(21-18(22)24)12-15(2)11-19(3,4)13-20/h5-7,10,15H,8-9,11-13H2,1-4H3,(H,21,24). The third kappa shape index (κ3) is 3.65.